The van der Waals surface area contributed by atoms with Crippen LogP contribution in [0.15, 0.2) is 0 Å². The average Bonchev–Trinajstić information content (AvgIpc) is 2.45. The van der Waals surface area contributed by atoms with Crippen LogP contribution in [0.3, 0.4) is 0 Å². The van der Waals surface area contributed by atoms with E-state index >= 15 is 0 Å². The lowest BCUT2D eigenvalue weighted by Gasteiger charge is -2.38. The van der Waals surface area contributed by atoms with Gasteiger partial charge in [-0.25, -0.2) is 9.03 Å². The van der Waals surface area contributed by atoms with Gasteiger partial charge in [-0.15, -0.1) is 0 Å². The SMILES string of the molecule is CN1CC[C@H](NSN(C)C)[C@H](COC2CCCCC2)C1. The highest BCUT2D eigenvalue weighted by molar-refractivity contribution is 7.95. The van der Waals surface area contributed by atoms with Gasteiger partial charge in [-0.05, 0) is 47.0 Å². The first-order valence-corrected chi connectivity index (χ1v) is 8.82. The molecule has 5 heteroatoms. The summed E-state index contributed by atoms with van der Waals surface area (Å²) in [5, 5.41) is 0. The van der Waals surface area contributed by atoms with E-state index in [1.165, 1.54) is 45.1 Å². The summed E-state index contributed by atoms with van der Waals surface area (Å²) < 4.78 is 12.0. The van der Waals surface area contributed by atoms with E-state index in [9.17, 15) is 0 Å². The first-order valence-electron chi connectivity index (χ1n) is 8.05. The Labute approximate surface area is 128 Å². The van der Waals surface area contributed by atoms with Crippen LogP contribution in [0.1, 0.15) is 38.5 Å². The molecule has 0 unspecified atom stereocenters. The standard InChI is InChI=1S/C15H31N3OS/c1-17(2)20-16-15-9-10-18(3)11-13(15)12-19-14-7-5-4-6-8-14/h13-16H,4-12H2,1-3H3/t13-,15-/m0/s1. The third kappa shape index (κ3) is 5.53. The summed E-state index contributed by atoms with van der Waals surface area (Å²) in [5.41, 5.74) is 0. The number of rotatable bonds is 6. The molecule has 2 aliphatic rings. The van der Waals surface area contributed by atoms with Crippen molar-refractivity contribution in [1.29, 1.82) is 0 Å². The number of nitrogens with zero attached hydrogens (tertiary/aromatic N) is 2. The molecule has 0 aromatic carbocycles. The van der Waals surface area contributed by atoms with Crippen LogP contribution >= 0.6 is 12.1 Å². The molecule has 20 heavy (non-hydrogen) atoms. The number of likely N-dealkylation sites (tertiary alicyclic amines) is 1. The Morgan fingerprint density at radius 2 is 1.95 bits per heavy atom. The van der Waals surface area contributed by atoms with Crippen LogP contribution in [-0.2, 0) is 4.74 Å². The summed E-state index contributed by atoms with van der Waals surface area (Å²) in [7, 11) is 6.39. The number of hydrogen-bond acceptors (Lipinski definition) is 5. The minimum atomic E-state index is 0.526. The molecular weight excluding hydrogens is 270 g/mol. The van der Waals surface area contributed by atoms with Gasteiger partial charge in [0, 0.05) is 30.6 Å². The molecule has 2 rings (SSSR count). The Kier molecular flexibility index (Phi) is 7.11. The van der Waals surface area contributed by atoms with Gasteiger partial charge in [0.05, 0.1) is 12.7 Å². The lowest BCUT2D eigenvalue weighted by Crippen LogP contribution is -2.48. The van der Waals surface area contributed by atoms with Gasteiger partial charge in [-0.3, -0.25) is 0 Å². The predicted octanol–water partition coefficient (Wildman–Crippen LogP) is 2.37. The molecule has 2 atom stereocenters. The van der Waals surface area contributed by atoms with Crippen LogP contribution < -0.4 is 4.72 Å². The highest BCUT2D eigenvalue weighted by Crippen LogP contribution is 2.24. The maximum Gasteiger partial charge on any atom is 0.0575 e. The third-order valence-corrected chi connectivity index (χ3v) is 5.20. The Balaban J connectivity index is 1.77. The van der Waals surface area contributed by atoms with Crippen LogP contribution in [0.4, 0.5) is 0 Å². The Morgan fingerprint density at radius 3 is 2.65 bits per heavy atom. The molecule has 4 nitrogen and oxygen atoms in total. The predicted molar refractivity (Wildman–Crippen MR) is 86.6 cm³/mol. The lowest BCUT2D eigenvalue weighted by atomic mass is 9.93. The first kappa shape index (κ1) is 16.6. The molecular formula is C15H31N3OS. The summed E-state index contributed by atoms with van der Waals surface area (Å²) in [4.78, 5) is 2.44. The van der Waals surface area contributed by atoms with Gasteiger partial charge in [0.25, 0.3) is 0 Å². The molecule has 1 N–H and O–H groups in total. The van der Waals surface area contributed by atoms with Crippen LogP contribution in [0.25, 0.3) is 0 Å². The zero-order chi connectivity index (χ0) is 14.4. The van der Waals surface area contributed by atoms with Gasteiger partial charge in [0.1, 0.15) is 0 Å². The van der Waals surface area contributed by atoms with Crippen LogP contribution in [0, 0.1) is 5.92 Å². The molecule has 1 heterocycles. The van der Waals surface area contributed by atoms with Gasteiger partial charge in [0.2, 0.25) is 0 Å². The summed E-state index contributed by atoms with van der Waals surface area (Å²) in [6, 6.07) is 0.571. The van der Waals surface area contributed by atoms with Crippen molar-refractivity contribution >= 4 is 12.1 Å². The largest absolute Gasteiger partial charge is 0.378 e. The molecule has 118 valence electrons. The zero-order valence-corrected chi connectivity index (χ0v) is 14.1. The van der Waals surface area contributed by atoms with E-state index in [1.807, 2.05) is 0 Å². The Morgan fingerprint density at radius 1 is 1.20 bits per heavy atom. The van der Waals surface area contributed by atoms with Crippen LogP contribution in [0.5, 0.6) is 0 Å². The number of piperidine rings is 1. The molecule has 1 aliphatic heterocycles. The monoisotopic (exact) mass is 301 g/mol. The third-order valence-electron chi connectivity index (χ3n) is 4.42. The van der Waals surface area contributed by atoms with Crippen molar-refractivity contribution < 1.29 is 4.74 Å². The summed E-state index contributed by atoms with van der Waals surface area (Å²) in [6.45, 7) is 3.25. The number of ether oxygens (including phenoxy) is 1. The van der Waals surface area contributed by atoms with E-state index in [1.54, 1.807) is 12.1 Å². The van der Waals surface area contributed by atoms with Crippen molar-refractivity contribution in [3.8, 4) is 0 Å². The molecule has 0 bridgehead atoms. The number of hydrogen-bond donors (Lipinski definition) is 1. The second kappa shape index (κ2) is 8.59. The molecule has 1 saturated heterocycles. The lowest BCUT2D eigenvalue weighted by molar-refractivity contribution is -0.0117. The maximum absolute atomic E-state index is 6.22. The Hall–Kier alpha value is 0.190. The molecule has 2 fully saturated rings. The molecule has 0 spiro atoms. The van der Waals surface area contributed by atoms with Gasteiger partial charge < -0.3 is 9.64 Å². The van der Waals surface area contributed by atoms with Crippen molar-refractivity contribution in [3.05, 3.63) is 0 Å². The van der Waals surface area contributed by atoms with E-state index in [0.29, 0.717) is 18.1 Å². The van der Waals surface area contributed by atoms with Gasteiger partial charge in [-0.1, -0.05) is 19.3 Å². The van der Waals surface area contributed by atoms with Crippen molar-refractivity contribution in [1.82, 2.24) is 13.9 Å². The minimum absolute atomic E-state index is 0.526. The summed E-state index contributed by atoms with van der Waals surface area (Å²) in [6.07, 6.45) is 8.39. The fourth-order valence-electron chi connectivity index (χ4n) is 3.20. The minimum Gasteiger partial charge on any atom is -0.378 e. The molecule has 0 aromatic rings. The molecule has 1 aliphatic carbocycles. The van der Waals surface area contributed by atoms with Crippen molar-refractivity contribution in [2.24, 2.45) is 5.92 Å². The van der Waals surface area contributed by atoms with Gasteiger partial charge in [-0.2, -0.15) is 0 Å². The maximum atomic E-state index is 6.22. The van der Waals surface area contributed by atoms with Crippen LogP contribution in [-0.4, -0.2) is 62.2 Å². The molecule has 0 aromatic heterocycles. The normalized spacial score (nSPS) is 30.0. The van der Waals surface area contributed by atoms with Crippen molar-refractivity contribution in [2.45, 2.75) is 50.7 Å². The number of nitrogens with one attached hydrogen (secondary N) is 1. The molecule has 0 radical (unpaired) electrons. The van der Waals surface area contributed by atoms with E-state index in [4.69, 9.17) is 4.74 Å². The fraction of sp³-hybridized carbons (Fsp3) is 1.00. The molecule has 0 amide bonds. The van der Waals surface area contributed by atoms with Crippen molar-refractivity contribution in [3.63, 3.8) is 0 Å². The Bertz CT molecular complexity index is 272. The second-order valence-corrected chi connectivity index (χ2v) is 7.68. The van der Waals surface area contributed by atoms with Crippen LogP contribution in [0.2, 0.25) is 0 Å². The quantitative estimate of drug-likeness (QED) is 0.760. The summed E-state index contributed by atoms with van der Waals surface area (Å²) >= 11 is 1.71. The first-order chi connectivity index (χ1) is 9.65. The highest BCUT2D eigenvalue weighted by Gasteiger charge is 2.29. The zero-order valence-electron chi connectivity index (χ0n) is 13.3. The van der Waals surface area contributed by atoms with E-state index in [2.05, 4.69) is 35.1 Å². The topological polar surface area (TPSA) is 27.7 Å². The molecule has 1 saturated carbocycles. The smallest absolute Gasteiger partial charge is 0.0575 e. The van der Waals surface area contributed by atoms with E-state index in [0.717, 1.165) is 13.2 Å². The van der Waals surface area contributed by atoms with Gasteiger partial charge in [0.15, 0.2) is 0 Å². The average molecular weight is 302 g/mol. The highest BCUT2D eigenvalue weighted by atomic mass is 32.2. The van der Waals surface area contributed by atoms with Crippen molar-refractivity contribution in [2.75, 3.05) is 40.8 Å². The van der Waals surface area contributed by atoms with E-state index < -0.39 is 0 Å². The second-order valence-electron chi connectivity index (χ2n) is 6.53. The van der Waals surface area contributed by atoms with Gasteiger partial charge >= 0.3 is 0 Å². The fourth-order valence-corrected chi connectivity index (χ4v) is 3.86. The van der Waals surface area contributed by atoms with E-state index in [-0.39, 0.29) is 0 Å². The summed E-state index contributed by atoms with van der Waals surface area (Å²) in [5.74, 6) is 0.614.